The maximum Gasteiger partial charge on any atom is 0.173 e. The third kappa shape index (κ3) is 1.90. The number of nitrogens with zero attached hydrogens (tertiary/aromatic N) is 1. The number of nitrogen functional groups attached to an aromatic ring is 1. The molecular weight excluding hydrogens is 226 g/mol. The standard InChI is InChI=1S/C11H14ClN3O/c1-11(2-3-14-6-11)9(16)8-4-7(12)5-15-10(8)13/h4-5,14H,2-3,6H2,1H3,(H2,13,15). The molecule has 0 saturated carbocycles. The third-order valence-electron chi connectivity index (χ3n) is 3.05. The number of rotatable bonds is 2. The highest BCUT2D eigenvalue weighted by Crippen LogP contribution is 2.31. The van der Waals surface area contributed by atoms with E-state index in [1.165, 1.54) is 6.20 Å². The molecule has 0 aliphatic carbocycles. The largest absolute Gasteiger partial charge is 0.383 e. The third-order valence-corrected chi connectivity index (χ3v) is 3.25. The van der Waals surface area contributed by atoms with E-state index < -0.39 is 0 Å². The van der Waals surface area contributed by atoms with Crippen molar-refractivity contribution in [2.45, 2.75) is 13.3 Å². The van der Waals surface area contributed by atoms with Crippen LogP contribution in [0.3, 0.4) is 0 Å². The Bertz CT molecular complexity index is 427. The van der Waals surface area contributed by atoms with Gasteiger partial charge in [0.15, 0.2) is 5.78 Å². The minimum absolute atomic E-state index is 0.0185. The number of pyridine rings is 1. The van der Waals surface area contributed by atoms with E-state index in [4.69, 9.17) is 17.3 Å². The maximum absolute atomic E-state index is 12.3. The lowest BCUT2D eigenvalue weighted by Gasteiger charge is -2.21. The Morgan fingerprint density at radius 3 is 3.06 bits per heavy atom. The monoisotopic (exact) mass is 239 g/mol. The number of carbonyl (C=O) groups excluding carboxylic acids is 1. The molecule has 1 aromatic rings. The summed E-state index contributed by atoms with van der Waals surface area (Å²) in [6.45, 7) is 3.48. The van der Waals surface area contributed by atoms with E-state index in [0.29, 0.717) is 17.1 Å². The van der Waals surface area contributed by atoms with Crippen molar-refractivity contribution in [2.75, 3.05) is 18.8 Å². The Labute approximate surface area is 99.2 Å². The molecule has 16 heavy (non-hydrogen) atoms. The quantitative estimate of drug-likeness (QED) is 0.768. The van der Waals surface area contributed by atoms with Gasteiger partial charge < -0.3 is 11.1 Å². The zero-order valence-corrected chi connectivity index (χ0v) is 9.84. The molecule has 4 nitrogen and oxygen atoms in total. The molecule has 2 heterocycles. The molecule has 86 valence electrons. The fraction of sp³-hybridized carbons (Fsp3) is 0.455. The van der Waals surface area contributed by atoms with Crippen molar-refractivity contribution in [1.82, 2.24) is 10.3 Å². The first-order valence-electron chi connectivity index (χ1n) is 5.19. The Morgan fingerprint density at radius 2 is 2.44 bits per heavy atom. The lowest BCUT2D eigenvalue weighted by molar-refractivity contribution is 0.0840. The Hall–Kier alpha value is -1.13. The van der Waals surface area contributed by atoms with Gasteiger partial charge in [0.05, 0.1) is 10.6 Å². The number of ketones is 1. The number of Topliss-reactive ketones (excluding diaryl/α,β-unsaturated/α-hetero) is 1. The summed E-state index contributed by atoms with van der Waals surface area (Å²) in [5, 5.41) is 3.62. The van der Waals surface area contributed by atoms with Crippen LogP contribution >= 0.6 is 11.6 Å². The van der Waals surface area contributed by atoms with E-state index in [2.05, 4.69) is 10.3 Å². The molecule has 1 fully saturated rings. The molecule has 0 amide bonds. The van der Waals surface area contributed by atoms with Crippen molar-refractivity contribution >= 4 is 23.2 Å². The Morgan fingerprint density at radius 1 is 1.69 bits per heavy atom. The molecule has 3 N–H and O–H groups in total. The van der Waals surface area contributed by atoms with Crippen LogP contribution in [0.5, 0.6) is 0 Å². The number of nitrogens with one attached hydrogen (secondary N) is 1. The van der Waals surface area contributed by atoms with Crippen LogP contribution in [-0.4, -0.2) is 23.9 Å². The first-order valence-corrected chi connectivity index (χ1v) is 5.57. The molecule has 1 atom stereocenters. The van der Waals surface area contributed by atoms with Crippen LogP contribution in [0.4, 0.5) is 5.82 Å². The summed E-state index contributed by atoms with van der Waals surface area (Å²) in [6, 6.07) is 1.59. The van der Waals surface area contributed by atoms with Crippen molar-refractivity contribution in [3.05, 3.63) is 22.8 Å². The second-order valence-electron chi connectivity index (χ2n) is 4.40. The fourth-order valence-corrected chi connectivity index (χ4v) is 2.13. The van der Waals surface area contributed by atoms with Gasteiger partial charge in [-0.15, -0.1) is 0 Å². The summed E-state index contributed by atoms with van der Waals surface area (Å²) < 4.78 is 0. The van der Waals surface area contributed by atoms with Crippen molar-refractivity contribution < 1.29 is 4.79 Å². The van der Waals surface area contributed by atoms with Crippen molar-refractivity contribution in [1.29, 1.82) is 0 Å². The molecule has 1 aromatic heterocycles. The van der Waals surface area contributed by atoms with Gasteiger partial charge in [0.2, 0.25) is 0 Å². The minimum Gasteiger partial charge on any atom is -0.383 e. The zero-order chi connectivity index (χ0) is 11.8. The molecule has 1 saturated heterocycles. The lowest BCUT2D eigenvalue weighted by atomic mass is 9.82. The minimum atomic E-state index is -0.388. The van der Waals surface area contributed by atoms with Crippen LogP contribution in [0.15, 0.2) is 12.3 Å². The smallest absolute Gasteiger partial charge is 0.173 e. The Balaban J connectivity index is 2.36. The van der Waals surface area contributed by atoms with Crippen LogP contribution in [0.2, 0.25) is 5.02 Å². The van der Waals surface area contributed by atoms with Gasteiger partial charge >= 0.3 is 0 Å². The molecule has 1 unspecified atom stereocenters. The van der Waals surface area contributed by atoms with Gasteiger partial charge in [-0.1, -0.05) is 18.5 Å². The predicted octanol–water partition coefficient (Wildman–Crippen LogP) is 1.50. The highest BCUT2D eigenvalue weighted by atomic mass is 35.5. The summed E-state index contributed by atoms with van der Waals surface area (Å²) in [5.41, 5.74) is 5.75. The van der Waals surface area contributed by atoms with E-state index in [9.17, 15) is 4.79 Å². The summed E-state index contributed by atoms with van der Waals surface area (Å²) in [6.07, 6.45) is 2.26. The molecule has 0 aromatic carbocycles. The highest BCUT2D eigenvalue weighted by Gasteiger charge is 2.37. The SMILES string of the molecule is CC1(C(=O)c2cc(Cl)cnc2N)CCNC1. The maximum atomic E-state index is 12.3. The summed E-state index contributed by atoms with van der Waals surface area (Å²) in [7, 11) is 0. The van der Waals surface area contributed by atoms with Gasteiger partial charge in [-0.2, -0.15) is 0 Å². The van der Waals surface area contributed by atoms with Gasteiger partial charge in [-0.25, -0.2) is 4.98 Å². The van der Waals surface area contributed by atoms with Gasteiger partial charge in [0, 0.05) is 18.2 Å². The topological polar surface area (TPSA) is 68.0 Å². The van der Waals surface area contributed by atoms with Crippen molar-refractivity contribution in [3.8, 4) is 0 Å². The number of aromatic nitrogens is 1. The van der Waals surface area contributed by atoms with Gasteiger partial charge in [0.25, 0.3) is 0 Å². The number of hydrogen-bond donors (Lipinski definition) is 2. The van der Waals surface area contributed by atoms with E-state index in [1.54, 1.807) is 6.07 Å². The fourth-order valence-electron chi connectivity index (χ4n) is 1.97. The van der Waals surface area contributed by atoms with Gasteiger partial charge in [-0.05, 0) is 19.0 Å². The molecule has 1 aliphatic heterocycles. The normalized spacial score (nSPS) is 24.6. The molecule has 0 spiro atoms. The average Bonchev–Trinajstić information content (AvgIpc) is 2.69. The first-order chi connectivity index (χ1) is 7.53. The van der Waals surface area contributed by atoms with Crippen LogP contribution in [0.25, 0.3) is 0 Å². The lowest BCUT2D eigenvalue weighted by Crippen LogP contribution is -2.31. The van der Waals surface area contributed by atoms with Gasteiger partial charge in [-0.3, -0.25) is 4.79 Å². The Kier molecular flexibility index (Phi) is 2.86. The zero-order valence-electron chi connectivity index (χ0n) is 9.09. The van der Waals surface area contributed by atoms with Crippen LogP contribution in [0.1, 0.15) is 23.7 Å². The molecule has 0 radical (unpaired) electrons. The first kappa shape index (κ1) is 11.4. The summed E-state index contributed by atoms with van der Waals surface area (Å²) in [4.78, 5) is 16.2. The second kappa shape index (κ2) is 4.03. The van der Waals surface area contributed by atoms with Crippen LogP contribution in [0, 0.1) is 5.41 Å². The molecular formula is C11H14ClN3O. The number of hydrogen-bond acceptors (Lipinski definition) is 4. The number of halogens is 1. The molecule has 1 aliphatic rings. The van der Waals surface area contributed by atoms with Crippen LogP contribution < -0.4 is 11.1 Å². The highest BCUT2D eigenvalue weighted by molar-refractivity contribution is 6.31. The molecule has 2 rings (SSSR count). The average molecular weight is 240 g/mol. The van der Waals surface area contributed by atoms with Crippen molar-refractivity contribution in [3.63, 3.8) is 0 Å². The van der Waals surface area contributed by atoms with E-state index in [1.807, 2.05) is 6.92 Å². The summed E-state index contributed by atoms with van der Waals surface area (Å²) >= 11 is 5.83. The predicted molar refractivity (Wildman–Crippen MR) is 63.6 cm³/mol. The van der Waals surface area contributed by atoms with Crippen LogP contribution in [-0.2, 0) is 0 Å². The number of carbonyl (C=O) groups is 1. The number of anilines is 1. The van der Waals surface area contributed by atoms with E-state index in [-0.39, 0.29) is 17.0 Å². The van der Waals surface area contributed by atoms with Gasteiger partial charge in [0.1, 0.15) is 5.82 Å². The molecule has 0 bridgehead atoms. The second-order valence-corrected chi connectivity index (χ2v) is 4.84. The van der Waals surface area contributed by atoms with E-state index in [0.717, 1.165) is 13.0 Å². The van der Waals surface area contributed by atoms with E-state index >= 15 is 0 Å². The summed E-state index contributed by atoms with van der Waals surface area (Å²) in [5.74, 6) is 0.271. The number of nitrogens with two attached hydrogens (primary N) is 1. The molecule has 5 heteroatoms. The van der Waals surface area contributed by atoms with Crippen molar-refractivity contribution in [2.24, 2.45) is 5.41 Å².